The molecule has 0 spiro atoms. The molecular formula is C22H20F3N5O. The van der Waals surface area contributed by atoms with Gasteiger partial charge in [0.25, 0.3) is 0 Å². The van der Waals surface area contributed by atoms with Gasteiger partial charge in [0.2, 0.25) is 5.78 Å². The number of alkyl halides is 3. The van der Waals surface area contributed by atoms with Crippen molar-refractivity contribution < 1.29 is 18.0 Å². The fourth-order valence-electron chi connectivity index (χ4n) is 3.63. The molecule has 0 bridgehead atoms. The first-order valence-electron chi connectivity index (χ1n) is 9.71. The van der Waals surface area contributed by atoms with Crippen LogP contribution >= 0.6 is 0 Å². The highest BCUT2D eigenvalue weighted by Crippen LogP contribution is 2.34. The van der Waals surface area contributed by atoms with Crippen LogP contribution in [-0.4, -0.2) is 35.4 Å². The molecule has 0 saturated carbocycles. The Bertz CT molecular complexity index is 1090. The van der Waals surface area contributed by atoms with Crippen molar-refractivity contribution in [3.05, 3.63) is 83.2 Å². The maximum Gasteiger partial charge on any atom is 0.418 e. The molecule has 160 valence electrons. The number of aromatic nitrogens is 2. The van der Waals surface area contributed by atoms with Gasteiger partial charge >= 0.3 is 6.18 Å². The van der Waals surface area contributed by atoms with Crippen LogP contribution in [0.4, 0.5) is 24.8 Å². The van der Waals surface area contributed by atoms with Gasteiger partial charge in [-0.3, -0.25) is 4.79 Å². The molecule has 0 radical (unpaired) electrons. The summed E-state index contributed by atoms with van der Waals surface area (Å²) in [5.74, 6) is -0.741. The molecule has 0 amide bonds. The van der Waals surface area contributed by atoms with E-state index in [1.165, 1.54) is 24.4 Å². The lowest BCUT2D eigenvalue weighted by molar-refractivity contribution is -0.138. The molecule has 1 aliphatic rings. The molecule has 0 aliphatic carbocycles. The normalized spacial score (nSPS) is 16.9. The minimum absolute atomic E-state index is 0.00726. The first-order chi connectivity index (χ1) is 14.8. The third kappa shape index (κ3) is 4.36. The zero-order chi connectivity index (χ0) is 22.0. The minimum atomic E-state index is -4.73. The molecule has 3 heterocycles. The van der Waals surface area contributed by atoms with Crippen LogP contribution in [0.5, 0.6) is 0 Å². The maximum absolute atomic E-state index is 13.6. The van der Waals surface area contributed by atoms with Crippen molar-refractivity contribution in [1.82, 2.24) is 15.3 Å². The molecule has 1 unspecified atom stereocenters. The van der Waals surface area contributed by atoms with Gasteiger partial charge in [0.1, 0.15) is 17.3 Å². The van der Waals surface area contributed by atoms with E-state index in [0.29, 0.717) is 25.5 Å². The predicted octanol–water partition coefficient (Wildman–Crippen LogP) is 3.46. The molecule has 31 heavy (non-hydrogen) atoms. The van der Waals surface area contributed by atoms with Crippen LogP contribution in [0.1, 0.15) is 33.2 Å². The number of hydrogen-bond donors (Lipinski definition) is 2. The number of anilines is 2. The van der Waals surface area contributed by atoms with Crippen molar-refractivity contribution in [2.24, 2.45) is 0 Å². The van der Waals surface area contributed by atoms with Crippen LogP contribution in [0, 0.1) is 0 Å². The summed E-state index contributed by atoms with van der Waals surface area (Å²) in [5, 5.41) is 3.40. The van der Waals surface area contributed by atoms with E-state index in [-0.39, 0.29) is 17.4 Å². The van der Waals surface area contributed by atoms with Crippen molar-refractivity contribution in [3.8, 4) is 0 Å². The van der Waals surface area contributed by atoms with Crippen LogP contribution < -0.4 is 16.0 Å². The molecule has 1 aliphatic heterocycles. The molecule has 1 saturated heterocycles. The summed E-state index contributed by atoms with van der Waals surface area (Å²) in [5.41, 5.74) is 4.90. The third-order valence-electron chi connectivity index (χ3n) is 5.19. The van der Waals surface area contributed by atoms with E-state index in [1.807, 2.05) is 35.2 Å². The number of nitrogens with one attached hydrogen (secondary N) is 1. The lowest BCUT2D eigenvalue weighted by Gasteiger charge is -2.35. The fraction of sp³-hybridized carbons (Fsp3) is 0.227. The van der Waals surface area contributed by atoms with Gasteiger partial charge in [-0.25, -0.2) is 9.97 Å². The second-order valence-corrected chi connectivity index (χ2v) is 7.19. The van der Waals surface area contributed by atoms with E-state index >= 15 is 0 Å². The Hall–Kier alpha value is -3.46. The summed E-state index contributed by atoms with van der Waals surface area (Å²) in [7, 11) is 0. The zero-order valence-corrected chi connectivity index (χ0v) is 16.4. The Kier molecular flexibility index (Phi) is 5.60. The Morgan fingerprint density at radius 3 is 2.58 bits per heavy atom. The van der Waals surface area contributed by atoms with E-state index < -0.39 is 23.2 Å². The Labute approximate surface area is 176 Å². The highest BCUT2D eigenvalue weighted by molar-refractivity contribution is 6.11. The number of ketones is 1. The van der Waals surface area contributed by atoms with Gasteiger partial charge in [-0.1, -0.05) is 30.3 Å². The molecular weight excluding hydrogens is 407 g/mol. The SMILES string of the molecule is Nc1ncccc1C(=O)c1nc(N2CCNC(c3ccccc3)C2)ccc1C(F)(F)F. The standard InChI is InChI=1S/C22H20F3N5O/c23-22(24,25)16-8-9-18(29-19(16)20(31)15-7-4-10-28-21(15)26)30-12-11-27-17(13-30)14-5-2-1-3-6-14/h1-10,17,27H,11-13H2,(H2,26,28). The van der Waals surface area contributed by atoms with Gasteiger partial charge in [0, 0.05) is 31.9 Å². The molecule has 4 rings (SSSR count). The van der Waals surface area contributed by atoms with Crippen LogP contribution in [0.3, 0.4) is 0 Å². The van der Waals surface area contributed by atoms with Crippen molar-refractivity contribution in [3.63, 3.8) is 0 Å². The number of nitrogens with zero attached hydrogens (tertiary/aromatic N) is 3. The third-order valence-corrected chi connectivity index (χ3v) is 5.19. The smallest absolute Gasteiger partial charge is 0.383 e. The van der Waals surface area contributed by atoms with Gasteiger partial charge in [-0.15, -0.1) is 0 Å². The number of benzene rings is 1. The number of carbonyl (C=O) groups is 1. The number of piperazine rings is 1. The van der Waals surface area contributed by atoms with Crippen molar-refractivity contribution in [1.29, 1.82) is 0 Å². The molecule has 1 fully saturated rings. The van der Waals surface area contributed by atoms with Crippen LogP contribution in [0.2, 0.25) is 0 Å². The number of halogens is 3. The first kappa shape index (κ1) is 20.8. The molecule has 3 aromatic rings. The molecule has 6 nitrogen and oxygen atoms in total. The van der Waals surface area contributed by atoms with Gasteiger partial charge in [0.05, 0.1) is 11.1 Å². The molecule has 1 atom stereocenters. The Morgan fingerprint density at radius 2 is 1.87 bits per heavy atom. The van der Waals surface area contributed by atoms with Gasteiger partial charge in [-0.05, 0) is 29.8 Å². The number of carbonyl (C=O) groups excluding carboxylic acids is 1. The summed E-state index contributed by atoms with van der Waals surface area (Å²) in [6, 6.07) is 14.8. The second-order valence-electron chi connectivity index (χ2n) is 7.19. The van der Waals surface area contributed by atoms with E-state index in [0.717, 1.165) is 11.6 Å². The average Bonchev–Trinajstić information content (AvgIpc) is 2.78. The Morgan fingerprint density at radius 1 is 1.10 bits per heavy atom. The number of pyridine rings is 2. The molecule has 1 aromatic carbocycles. The highest BCUT2D eigenvalue weighted by Gasteiger charge is 2.37. The van der Waals surface area contributed by atoms with Gasteiger partial charge in [0.15, 0.2) is 0 Å². The van der Waals surface area contributed by atoms with Crippen LogP contribution in [0.15, 0.2) is 60.8 Å². The van der Waals surface area contributed by atoms with Gasteiger partial charge in [-0.2, -0.15) is 13.2 Å². The summed E-state index contributed by atoms with van der Waals surface area (Å²) >= 11 is 0. The summed E-state index contributed by atoms with van der Waals surface area (Å²) in [4.78, 5) is 22.8. The van der Waals surface area contributed by atoms with E-state index in [9.17, 15) is 18.0 Å². The number of nitrogens with two attached hydrogens (primary N) is 1. The Balaban J connectivity index is 1.70. The highest BCUT2D eigenvalue weighted by atomic mass is 19.4. The van der Waals surface area contributed by atoms with Crippen LogP contribution in [-0.2, 0) is 6.18 Å². The lowest BCUT2D eigenvalue weighted by atomic mass is 10.0. The largest absolute Gasteiger partial charge is 0.418 e. The second kappa shape index (κ2) is 8.35. The zero-order valence-electron chi connectivity index (χ0n) is 16.4. The monoisotopic (exact) mass is 427 g/mol. The van der Waals surface area contributed by atoms with E-state index in [4.69, 9.17) is 5.73 Å². The summed E-state index contributed by atoms with van der Waals surface area (Å²) in [6.07, 6.45) is -3.37. The van der Waals surface area contributed by atoms with Crippen LogP contribution in [0.25, 0.3) is 0 Å². The topological polar surface area (TPSA) is 84.1 Å². The quantitative estimate of drug-likeness (QED) is 0.621. The lowest BCUT2D eigenvalue weighted by Crippen LogP contribution is -2.46. The molecule has 9 heteroatoms. The van der Waals surface area contributed by atoms with E-state index in [1.54, 1.807) is 0 Å². The predicted molar refractivity (Wildman–Crippen MR) is 111 cm³/mol. The van der Waals surface area contributed by atoms with E-state index in [2.05, 4.69) is 15.3 Å². The number of hydrogen-bond acceptors (Lipinski definition) is 6. The molecule has 3 N–H and O–H groups in total. The van der Waals surface area contributed by atoms with Crippen molar-refractivity contribution in [2.75, 3.05) is 30.3 Å². The number of nitrogen functional groups attached to an aromatic ring is 1. The molecule has 2 aromatic heterocycles. The first-order valence-corrected chi connectivity index (χ1v) is 9.71. The fourth-order valence-corrected chi connectivity index (χ4v) is 3.63. The van der Waals surface area contributed by atoms with Crippen molar-refractivity contribution >= 4 is 17.4 Å². The van der Waals surface area contributed by atoms with Crippen molar-refractivity contribution in [2.45, 2.75) is 12.2 Å². The van der Waals surface area contributed by atoms with Gasteiger partial charge < -0.3 is 16.0 Å². The summed E-state index contributed by atoms with van der Waals surface area (Å²) < 4.78 is 40.9. The minimum Gasteiger partial charge on any atom is -0.383 e. The average molecular weight is 427 g/mol. The summed E-state index contributed by atoms with van der Waals surface area (Å²) in [6.45, 7) is 1.68. The maximum atomic E-state index is 13.6. The number of rotatable bonds is 4.